The number of aromatic nitrogens is 2. The summed E-state index contributed by atoms with van der Waals surface area (Å²) in [6, 6.07) is 6.25. The zero-order valence-corrected chi connectivity index (χ0v) is 24.4. The first-order valence-electron chi connectivity index (χ1n) is 14.2. The lowest BCUT2D eigenvalue weighted by Gasteiger charge is -2.32. The Morgan fingerprint density at radius 2 is 1.80 bits per heavy atom. The number of hydrogen-bond donors (Lipinski definition) is 2. The summed E-state index contributed by atoms with van der Waals surface area (Å²) in [6.45, 7) is 8.00. The highest BCUT2D eigenvalue weighted by Crippen LogP contribution is 2.34. The van der Waals surface area contributed by atoms with E-state index in [-0.39, 0.29) is 24.3 Å². The Morgan fingerprint density at radius 1 is 1.07 bits per heavy atom. The summed E-state index contributed by atoms with van der Waals surface area (Å²) in [5, 5.41) is 10.6. The van der Waals surface area contributed by atoms with E-state index in [1.807, 2.05) is 18.0 Å². The largest absolute Gasteiger partial charge is 0.444 e. The lowest BCUT2D eigenvalue weighted by Crippen LogP contribution is -2.40. The van der Waals surface area contributed by atoms with Crippen LogP contribution < -0.4 is 10.6 Å². The van der Waals surface area contributed by atoms with Crippen LogP contribution in [-0.2, 0) is 35.6 Å². The standard InChI is InChI=1S/C29H41N5O7/c1-29(2,3)41-28(38)30-11-14-39-15-16-40-18-25(36)34-12-9-19(10-13-34)20-5-6-21-23(17-20)33(4)32-26(21)22-7-8-24(35)31-27(22)37/h5-6,17,19,22H,7-16,18H2,1-4H3,(H,30,38)(H,31,35,37). The maximum atomic E-state index is 12.6. The topological polar surface area (TPSA) is 141 Å². The van der Waals surface area contributed by atoms with Crippen LogP contribution in [0.4, 0.5) is 4.79 Å². The minimum absolute atomic E-state index is 0.00822. The quantitative estimate of drug-likeness (QED) is 0.327. The Hall–Kier alpha value is -3.51. The summed E-state index contributed by atoms with van der Waals surface area (Å²) in [4.78, 5) is 50.0. The first-order valence-corrected chi connectivity index (χ1v) is 14.2. The van der Waals surface area contributed by atoms with Crippen LogP contribution in [0, 0.1) is 0 Å². The summed E-state index contributed by atoms with van der Waals surface area (Å²) >= 11 is 0. The molecule has 0 spiro atoms. The van der Waals surface area contributed by atoms with Crippen molar-refractivity contribution in [3.8, 4) is 0 Å². The number of carbonyl (C=O) groups is 4. The molecule has 1 aromatic heterocycles. The Balaban J connectivity index is 1.17. The third-order valence-corrected chi connectivity index (χ3v) is 7.30. The predicted octanol–water partition coefficient (Wildman–Crippen LogP) is 2.36. The van der Waals surface area contributed by atoms with Crippen molar-refractivity contribution in [1.82, 2.24) is 25.3 Å². The van der Waals surface area contributed by atoms with E-state index in [0.29, 0.717) is 63.9 Å². The Morgan fingerprint density at radius 3 is 2.51 bits per heavy atom. The average Bonchev–Trinajstić information content (AvgIpc) is 3.24. The molecule has 0 aliphatic carbocycles. The molecule has 41 heavy (non-hydrogen) atoms. The molecule has 0 bridgehead atoms. The van der Waals surface area contributed by atoms with Gasteiger partial charge in [0.15, 0.2) is 0 Å². The van der Waals surface area contributed by atoms with Gasteiger partial charge in [0.2, 0.25) is 17.7 Å². The first kappa shape index (κ1) is 30.4. The third kappa shape index (κ3) is 8.26. The zero-order chi connectivity index (χ0) is 29.6. The fourth-order valence-corrected chi connectivity index (χ4v) is 5.24. The van der Waals surface area contributed by atoms with Crippen LogP contribution in [0.25, 0.3) is 10.9 Å². The summed E-state index contributed by atoms with van der Waals surface area (Å²) in [6.07, 6.45) is 2.00. The van der Waals surface area contributed by atoms with Crippen LogP contribution in [0.15, 0.2) is 18.2 Å². The summed E-state index contributed by atoms with van der Waals surface area (Å²) in [7, 11) is 1.87. The van der Waals surface area contributed by atoms with Gasteiger partial charge in [-0.05, 0) is 57.6 Å². The number of aryl methyl sites for hydroxylation is 1. The second-order valence-corrected chi connectivity index (χ2v) is 11.5. The van der Waals surface area contributed by atoms with E-state index in [1.54, 1.807) is 25.5 Å². The molecule has 2 aliphatic heterocycles. The van der Waals surface area contributed by atoms with Gasteiger partial charge in [-0.15, -0.1) is 0 Å². The molecule has 2 N–H and O–H groups in total. The lowest BCUT2D eigenvalue weighted by atomic mass is 9.88. The number of ether oxygens (including phenoxy) is 3. The molecule has 2 saturated heterocycles. The Labute approximate surface area is 240 Å². The van der Waals surface area contributed by atoms with E-state index in [1.165, 1.54) is 5.56 Å². The van der Waals surface area contributed by atoms with Gasteiger partial charge >= 0.3 is 6.09 Å². The van der Waals surface area contributed by atoms with Gasteiger partial charge in [-0.3, -0.25) is 24.4 Å². The van der Waals surface area contributed by atoms with Crippen LogP contribution in [0.3, 0.4) is 0 Å². The highest BCUT2D eigenvalue weighted by molar-refractivity contribution is 6.02. The molecule has 12 heteroatoms. The number of amides is 4. The molecule has 12 nitrogen and oxygen atoms in total. The van der Waals surface area contributed by atoms with E-state index >= 15 is 0 Å². The number of carbonyl (C=O) groups excluding carboxylic acids is 4. The number of hydrogen-bond acceptors (Lipinski definition) is 8. The van der Waals surface area contributed by atoms with Gasteiger partial charge in [-0.1, -0.05) is 12.1 Å². The molecule has 1 unspecified atom stereocenters. The molecule has 0 radical (unpaired) electrons. The van der Waals surface area contributed by atoms with Gasteiger partial charge in [0.05, 0.1) is 36.9 Å². The Kier molecular flexibility index (Phi) is 9.98. The Bertz CT molecular complexity index is 1260. The van der Waals surface area contributed by atoms with Crippen molar-refractivity contribution in [1.29, 1.82) is 0 Å². The number of rotatable bonds is 10. The summed E-state index contributed by atoms with van der Waals surface area (Å²) in [5.74, 6) is -0.661. The monoisotopic (exact) mass is 571 g/mol. The lowest BCUT2D eigenvalue weighted by molar-refractivity contribution is -0.138. The predicted molar refractivity (Wildman–Crippen MR) is 150 cm³/mol. The highest BCUT2D eigenvalue weighted by atomic mass is 16.6. The van der Waals surface area contributed by atoms with Gasteiger partial charge < -0.3 is 24.4 Å². The average molecular weight is 572 g/mol. The van der Waals surface area contributed by atoms with Gasteiger partial charge in [0.1, 0.15) is 12.2 Å². The van der Waals surface area contributed by atoms with E-state index in [9.17, 15) is 19.2 Å². The van der Waals surface area contributed by atoms with E-state index in [2.05, 4.69) is 27.9 Å². The second-order valence-electron chi connectivity index (χ2n) is 11.5. The highest BCUT2D eigenvalue weighted by Gasteiger charge is 2.32. The third-order valence-electron chi connectivity index (χ3n) is 7.30. The molecule has 1 aromatic carbocycles. The van der Waals surface area contributed by atoms with Gasteiger partial charge in [-0.25, -0.2) is 4.79 Å². The van der Waals surface area contributed by atoms with E-state index in [4.69, 9.17) is 14.2 Å². The number of nitrogens with one attached hydrogen (secondary N) is 2. The number of piperidine rings is 2. The second kappa shape index (κ2) is 13.4. The molecule has 4 amide bonds. The van der Waals surface area contributed by atoms with Crippen molar-refractivity contribution < 1.29 is 33.4 Å². The van der Waals surface area contributed by atoms with Gasteiger partial charge in [0.25, 0.3) is 0 Å². The van der Waals surface area contributed by atoms with Crippen molar-refractivity contribution >= 4 is 34.7 Å². The minimum atomic E-state index is -0.542. The fraction of sp³-hybridized carbons (Fsp3) is 0.621. The van der Waals surface area contributed by atoms with Crippen LogP contribution >= 0.6 is 0 Å². The molecular weight excluding hydrogens is 530 g/mol. The number of nitrogens with zero attached hydrogens (tertiary/aromatic N) is 3. The van der Waals surface area contributed by atoms with Gasteiger partial charge in [0, 0.05) is 38.5 Å². The number of benzene rings is 1. The number of likely N-dealkylation sites (tertiary alicyclic amines) is 1. The van der Waals surface area contributed by atoms with Crippen molar-refractivity contribution in [2.45, 2.75) is 63.9 Å². The first-order chi connectivity index (χ1) is 19.5. The molecule has 3 heterocycles. The molecule has 2 aliphatic rings. The van der Waals surface area contributed by atoms with Crippen LogP contribution in [0.1, 0.15) is 69.5 Å². The van der Waals surface area contributed by atoms with Gasteiger partial charge in [-0.2, -0.15) is 5.10 Å². The molecule has 2 aromatic rings. The maximum Gasteiger partial charge on any atom is 0.407 e. The molecule has 224 valence electrons. The van der Waals surface area contributed by atoms with Crippen molar-refractivity contribution in [2.75, 3.05) is 46.1 Å². The molecule has 2 fully saturated rings. The summed E-state index contributed by atoms with van der Waals surface area (Å²) < 4.78 is 17.9. The zero-order valence-electron chi connectivity index (χ0n) is 24.4. The number of alkyl carbamates (subject to hydrolysis) is 1. The maximum absolute atomic E-state index is 12.6. The molecule has 4 rings (SSSR count). The number of imide groups is 1. The number of fused-ring (bicyclic) bond motifs is 1. The van der Waals surface area contributed by atoms with E-state index in [0.717, 1.165) is 23.7 Å². The van der Waals surface area contributed by atoms with Crippen LogP contribution in [0.2, 0.25) is 0 Å². The van der Waals surface area contributed by atoms with Crippen molar-refractivity contribution in [3.63, 3.8) is 0 Å². The van der Waals surface area contributed by atoms with Crippen molar-refractivity contribution in [2.24, 2.45) is 7.05 Å². The van der Waals surface area contributed by atoms with Crippen LogP contribution in [0.5, 0.6) is 0 Å². The molecule has 1 atom stereocenters. The van der Waals surface area contributed by atoms with Crippen LogP contribution in [-0.4, -0.2) is 90.2 Å². The molecule has 0 saturated carbocycles. The molecular formula is C29H41N5O7. The fourth-order valence-electron chi connectivity index (χ4n) is 5.24. The summed E-state index contributed by atoms with van der Waals surface area (Å²) in [5.41, 5.74) is 2.32. The SMILES string of the molecule is Cn1nc(C2CCC(=O)NC2=O)c2ccc(C3CCN(C(=O)COCCOCCNC(=O)OC(C)(C)C)CC3)cc21. The van der Waals surface area contributed by atoms with E-state index < -0.39 is 17.6 Å². The smallest absolute Gasteiger partial charge is 0.407 e. The van der Waals surface area contributed by atoms with Crippen molar-refractivity contribution in [3.05, 3.63) is 29.5 Å². The minimum Gasteiger partial charge on any atom is -0.444 e. The normalized spacial score (nSPS) is 18.4.